The second-order valence-electron chi connectivity index (χ2n) is 8.61. The van der Waals surface area contributed by atoms with Gasteiger partial charge in [0.15, 0.2) is 0 Å². The van der Waals surface area contributed by atoms with Gasteiger partial charge < -0.3 is 30.1 Å². The van der Waals surface area contributed by atoms with Gasteiger partial charge in [0.05, 0.1) is 7.11 Å². The Hall–Kier alpha value is -4.02. The molecule has 40 heavy (non-hydrogen) atoms. The Bertz CT molecular complexity index is 1080. The standard InChI is InChI=1S/C15H23N3O2.C14H14FNO2.CH4O/c1-14(20)17-9-5-8-16-10-11-18(13-19)12-15-6-3-2-4-7-15;1-10-5-12(15)7-13(6-10)18-9-11-3-4-14(17-2)16-8-11;1-2/h2-4,6-7,13,16H,5,8-12H2,1H3,(H,17,20);3-8H,9H2,1-2H3;2H,1H3. The lowest BCUT2D eigenvalue weighted by atomic mass is 10.2. The number of aliphatic hydroxyl groups excluding tert-OH is 1. The molecule has 10 heteroatoms. The lowest BCUT2D eigenvalue weighted by molar-refractivity contribution is -0.119. The first-order valence-electron chi connectivity index (χ1n) is 12.9. The number of nitrogens with one attached hydrogen (secondary N) is 2. The average molecular weight is 557 g/mol. The summed E-state index contributed by atoms with van der Waals surface area (Å²) < 4.78 is 23.6. The topological polar surface area (TPSA) is 113 Å². The molecule has 0 aliphatic heterocycles. The third-order valence-electron chi connectivity index (χ3n) is 5.29. The number of nitrogens with zero attached hydrogens (tertiary/aromatic N) is 2. The van der Waals surface area contributed by atoms with Gasteiger partial charge in [-0.2, -0.15) is 0 Å². The average Bonchev–Trinajstić information content (AvgIpc) is 2.96. The molecule has 9 nitrogen and oxygen atoms in total. The highest BCUT2D eigenvalue weighted by atomic mass is 19.1. The zero-order valence-electron chi connectivity index (χ0n) is 23.7. The highest BCUT2D eigenvalue weighted by Crippen LogP contribution is 2.17. The first-order valence-corrected chi connectivity index (χ1v) is 12.9. The van der Waals surface area contributed by atoms with Gasteiger partial charge in [0, 0.05) is 64.1 Å². The lowest BCUT2D eigenvalue weighted by Crippen LogP contribution is -2.32. The van der Waals surface area contributed by atoms with Gasteiger partial charge in [-0.25, -0.2) is 9.37 Å². The summed E-state index contributed by atoms with van der Waals surface area (Å²) >= 11 is 0. The summed E-state index contributed by atoms with van der Waals surface area (Å²) in [7, 11) is 2.56. The van der Waals surface area contributed by atoms with E-state index in [-0.39, 0.29) is 11.7 Å². The molecule has 3 rings (SSSR count). The number of aromatic nitrogens is 1. The van der Waals surface area contributed by atoms with Crippen molar-refractivity contribution in [2.45, 2.75) is 33.4 Å². The van der Waals surface area contributed by atoms with Crippen LogP contribution in [0.4, 0.5) is 4.39 Å². The molecule has 0 unspecified atom stereocenters. The first kappa shape index (κ1) is 34.0. The van der Waals surface area contributed by atoms with E-state index in [1.54, 1.807) is 30.3 Å². The van der Waals surface area contributed by atoms with Crippen LogP contribution in [0.1, 0.15) is 30.0 Å². The largest absolute Gasteiger partial charge is 0.489 e. The number of benzene rings is 2. The maximum absolute atomic E-state index is 13.1. The monoisotopic (exact) mass is 556 g/mol. The number of aliphatic hydroxyl groups is 1. The fourth-order valence-corrected chi connectivity index (χ4v) is 3.38. The molecule has 3 N–H and O–H groups in total. The summed E-state index contributed by atoms with van der Waals surface area (Å²) in [6.45, 7) is 7.27. The van der Waals surface area contributed by atoms with E-state index in [4.69, 9.17) is 14.6 Å². The molecule has 0 radical (unpaired) electrons. The highest BCUT2D eigenvalue weighted by molar-refractivity contribution is 5.72. The van der Waals surface area contributed by atoms with Gasteiger partial charge in [0.1, 0.15) is 18.2 Å². The maximum atomic E-state index is 13.1. The van der Waals surface area contributed by atoms with E-state index < -0.39 is 0 Å². The Morgan fingerprint density at radius 2 is 1.80 bits per heavy atom. The van der Waals surface area contributed by atoms with Crippen molar-refractivity contribution in [3.8, 4) is 11.6 Å². The van der Waals surface area contributed by atoms with Gasteiger partial charge >= 0.3 is 0 Å². The third kappa shape index (κ3) is 15.4. The van der Waals surface area contributed by atoms with E-state index in [9.17, 15) is 14.0 Å². The molecule has 0 fully saturated rings. The van der Waals surface area contributed by atoms with Crippen LogP contribution in [-0.4, -0.2) is 67.7 Å². The summed E-state index contributed by atoms with van der Waals surface area (Å²) in [5.74, 6) is 0.779. The highest BCUT2D eigenvalue weighted by Gasteiger charge is 2.03. The number of ether oxygens (including phenoxy) is 2. The van der Waals surface area contributed by atoms with Gasteiger partial charge in [0.2, 0.25) is 18.2 Å². The van der Waals surface area contributed by atoms with Crippen LogP contribution in [0.25, 0.3) is 0 Å². The van der Waals surface area contributed by atoms with Crippen molar-refractivity contribution >= 4 is 12.3 Å². The molecule has 2 amide bonds. The predicted octanol–water partition coefficient (Wildman–Crippen LogP) is 3.49. The van der Waals surface area contributed by atoms with Gasteiger partial charge in [-0.05, 0) is 49.2 Å². The minimum atomic E-state index is -0.294. The van der Waals surface area contributed by atoms with E-state index >= 15 is 0 Å². The van der Waals surface area contributed by atoms with E-state index in [0.717, 1.165) is 49.7 Å². The van der Waals surface area contributed by atoms with Crippen LogP contribution in [0.2, 0.25) is 0 Å². The number of halogens is 1. The normalized spacial score (nSPS) is 9.75. The summed E-state index contributed by atoms with van der Waals surface area (Å²) in [5.41, 5.74) is 2.86. The Kier molecular flexibility index (Phi) is 17.8. The summed E-state index contributed by atoms with van der Waals surface area (Å²) in [6, 6.07) is 18.2. The van der Waals surface area contributed by atoms with E-state index in [1.165, 1.54) is 19.1 Å². The quantitative estimate of drug-likeness (QED) is 0.206. The van der Waals surface area contributed by atoms with Gasteiger partial charge in [0.25, 0.3) is 0 Å². The second kappa shape index (κ2) is 20.9. The van der Waals surface area contributed by atoms with Crippen LogP contribution in [0.3, 0.4) is 0 Å². The number of amides is 2. The van der Waals surface area contributed by atoms with Gasteiger partial charge in [-0.15, -0.1) is 0 Å². The minimum absolute atomic E-state index is 0.00000821. The Morgan fingerprint density at radius 1 is 1.05 bits per heavy atom. The SMILES string of the molecule is CC(=O)NCCCNCCN(C=O)Cc1ccccc1.CO.COc1ccc(COc2cc(C)cc(F)c2)cn1. The lowest BCUT2D eigenvalue weighted by Gasteiger charge is -2.17. The Balaban J connectivity index is 0.000000378. The van der Waals surface area contributed by atoms with E-state index in [1.807, 2.05) is 43.3 Å². The summed E-state index contributed by atoms with van der Waals surface area (Å²) in [5, 5.41) is 13.0. The molecule has 218 valence electrons. The fraction of sp³-hybridized carbons (Fsp3) is 0.367. The molecule has 0 bridgehead atoms. The van der Waals surface area contributed by atoms with Gasteiger partial charge in [-0.1, -0.05) is 30.3 Å². The Morgan fingerprint density at radius 3 is 2.40 bits per heavy atom. The smallest absolute Gasteiger partial charge is 0.216 e. The molecule has 0 spiro atoms. The van der Waals surface area contributed by atoms with Crippen molar-refractivity contribution in [3.05, 3.63) is 89.4 Å². The minimum Gasteiger partial charge on any atom is -0.489 e. The zero-order chi connectivity index (χ0) is 29.6. The number of hydrogen-bond acceptors (Lipinski definition) is 7. The number of hydrogen-bond donors (Lipinski definition) is 3. The maximum Gasteiger partial charge on any atom is 0.216 e. The van der Waals surface area contributed by atoms with Crippen molar-refractivity contribution < 1.29 is 28.6 Å². The zero-order valence-corrected chi connectivity index (χ0v) is 23.7. The summed E-state index contributed by atoms with van der Waals surface area (Å²) in [4.78, 5) is 27.5. The van der Waals surface area contributed by atoms with Crippen molar-refractivity contribution in [1.29, 1.82) is 0 Å². The molecule has 1 heterocycles. The number of methoxy groups -OCH3 is 1. The van der Waals surface area contributed by atoms with Crippen molar-refractivity contribution in [2.75, 3.05) is 40.4 Å². The fourth-order valence-electron chi connectivity index (χ4n) is 3.38. The van der Waals surface area contributed by atoms with Crippen LogP contribution < -0.4 is 20.1 Å². The van der Waals surface area contributed by atoms with Crippen molar-refractivity contribution in [3.63, 3.8) is 0 Å². The number of rotatable bonds is 14. The molecule has 0 aliphatic rings. The van der Waals surface area contributed by atoms with Crippen LogP contribution in [-0.2, 0) is 22.7 Å². The van der Waals surface area contributed by atoms with Crippen LogP contribution in [0.5, 0.6) is 11.6 Å². The van der Waals surface area contributed by atoms with E-state index in [2.05, 4.69) is 15.6 Å². The third-order valence-corrected chi connectivity index (χ3v) is 5.29. The predicted molar refractivity (Wildman–Crippen MR) is 153 cm³/mol. The van der Waals surface area contributed by atoms with Crippen LogP contribution in [0, 0.1) is 12.7 Å². The molecule has 1 aromatic heterocycles. The molecule has 2 aromatic carbocycles. The number of carbonyl (C=O) groups excluding carboxylic acids is 2. The molecule has 3 aromatic rings. The molecule has 0 aliphatic carbocycles. The van der Waals surface area contributed by atoms with E-state index in [0.29, 0.717) is 37.9 Å². The van der Waals surface area contributed by atoms with Crippen molar-refractivity contribution in [1.82, 2.24) is 20.5 Å². The summed E-state index contributed by atoms with van der Waals surface area (Å²) in [6.07, 6.45) is 3.44. The van der Waals surface area contributed by atoms with Crippen LogP contribution in [0.15, 0.2) is 66.9 Å². The molecule has 0 saturated carbocycles. The number of carbonyl (C=O) groups is 2. The van der Waals surface area contributed by atoms with Crippen LogP contribution >= 0.6 is 0 Å². The number of pyridine rings is 1. The Labute approximate surface area is 236 Å². The van der Waals surface area contributed by atoms with Gasteiger partial charge in [-0.3, -0.25) is 9.59 Å². The number of aryl methyl sites for hydroxylation is 1. The molecular weight excluding hydrogens is 515 g/mol. The molecular formula is C30H41FN4O5. The molecule has 0 atom stereocenters. The first-order chi connectivity index (χ1) is 19.4. The molecule has 0 saturated heterocycles. The second-order valence-corrected chi connectivity index (χ2v) is 8.61. The van der Waals surface area contributed by atoms with Crippen molar-refractivity contribution in [2.24, 2.45) is 0 Å².